The molecule has 0 radical (unpaired) electrons. The largest absolute Gasteiger partial charge is 0.500 e. The molecule has 0 saturated heterocycles. The van der Waals surface area contributed by atoms with Gasteiger partial charge in [0, 0.05) is 28.2 Å². The van der Waals surface area contributed by atoms with E-state index in [0.717, 1.165) is 27.6 Å². The van der Waals surface area contributed by atoms with Gasteiger partial charge in [0.25, 0.3) is 0 Å². The lowest BCUT2D eigenvalue weighted by Crippen LogP contribution is -2.15. The summed E-state index contributed by atoms with van der Waals surface area (Å²) in [6.07, 6.45) is 1.49. The van der Waals surface area contributed by atoms with E-state index in [0.29, 0.717) is 17.8 Å². The maximum Gasteiger partial charge on any atom is 0.204 e. The lowest BCUT2D eigenvalue weighted by Gasteiger charge is -2.15. The van der Waals surface area contributed by atoms with Crippen molar-refractivity contribution >= 4 is 27.3 Å². The molecule has 0 saturated carbocycles. The van der Waals surface area contributed by atoms with Crippen LogP contribution in [-0.2, 0) is 16.0 Å². The average molecular weight is 382 g/mol. The fourth-order valence-corrected chi connectivity index (χ4v) is 3.77. The van der Waals surface area contributed by atoms with Crippen LogP contribution in [0.15, 0.2) is 22.4 Å². The second kappa shape index (κ2) is 7.25. The fraction of sp³-hybridized carbons (Fsp3) is 0.471. The fourth-order valence-electron chi connectivity index (χ4n) is 3.15. The summed E-state index contributed by atoms with van der Waals surface area (Å²) in [5.41, 5.74) is 3.60. The summed E-state index contributed by atoms with van der Waals surface area (Å²) in [5.74, 6) is 0.241. The number of hydrogen-bond acceptors (Lipinski definition) is 4. The molecule has 0 N–H and O–H groups in total. The second-order valence-corrected chi connectivity index (χ2v) is 6.64. The highest BCUT2D eigenvalue weighted by atomic mass is 79.9. The number of aryl methyl sites for hydroxylation is 2. The Bertz CT molecular complexity index is 681. The van der Waals surface area contributed by atoms with Crippen molar-refractivity contribution in [3.05, 3.63) is 49.2 Å². The molecule has 6 heteroatoms. The van der Waals surface area contributed by atoms with Gasteiger partial charge in [0.15, 0.2) is 5.78 Å². The van der Waals surface area contributed by atoms with Crippen LogP contribution in [0, 0.1) is 23.0 Å². The van der Waals surface area contributed by atoms with Gasteiger partial charge in [0.2, 0.25) is 6.54 Å². The predicted molar refractivity (Wildman–Crippen MR) is 91.8 cm³/mol. The first-order chi connectivity index (χ1) is 10.9. The molecule has 5 nitrogen and oxygen atoms in total. The lowest BCUT2D eigenvalue weighted by atomic mass is 9.90. The van der Waals surface area contributed by atoms with E-state index in [1.165, 1.54) is 0 Å². The standard InChI is InChI=1S/C17H20BrNO4/c1-4-11-8-13(18)7-10(2)15(11)16-14(23-3)9-12(17(16)20)5-6-19(21)22/h7-8,12H,4-6,9H2,1-3H3. The number of nitro groups is 1. The summed E-state index contributed by atoms with van der Waals surface area (Å²) < 4.78 is 6.42. The molecule has 0 bridgehead atoms. The molecule has 0 aliphatic heterocycles. The maximum absolute atomic E-state index is 12.8. The van der Waals surface area contributed by atoms with E-state index in [4.69, 9.17) is 4.74 Å². The summed E-state index contributed by atoms with van der Waals surface area (Å²) in [5, 5.41) is 10.6. The Kier molecular flexibility index (Phi) is 5.57. The number of ether oxygens (including phenoxy) is 1. The molecule has 23 heavy (non-hydrogen) atoms. The zero-order chi connectivity index (χ0) is 17.1. The van der Waals surface area contributed by atoms with Gasteiger partial charge in [0.1, 0.15) is 5.76 Å². The Hall–Kier alpha value is -1.69. The van der Waals surface area contributed by atoms with E-state index in [1.807, 2.05) is 26.0 Å². The Labute approximate surface area is 144 Å². The lowest BCUT2D eigenvalue weighted by molar-refractivity contribution is -0.481. The van der Waals surface area contributed by atoms with E-state index in [1.54, 1.807) is 7.11 Å². The Morgan fingerprint density at radius 2 is 2.13 bits per heavy atom. The number of ketones is 1. The van der Waals surface area contributed by atoms with Crippen LogP contribution in [-0.4, -0.2) is 24.4 Å². The zero-order valence-electron chi connectivity index (χ0n) is 13.5. The van der Waals surface area contributed by atoms with Crippen LogP contribution in [0.5, 0.6) is 0 Å². The van der Waals surface area contributed by atoms with Crippen molar-refractivity contribution in [3.63, 3.8) is 0 Å². The maximum atomic E-state index is 12.8. The number of carbonyl (C=O) groups is 1. The number of carbonyl (C=O) groups excluding carboxylic acids is 1. The number of benzene rings is 1. The number of nitrogens with zero attached hydrogens (tertiary/aromatic N) is 1. The van der Waals surface area contributed by atoms with Gasteiger partial charge in [-0.05, 0) is 42.2 Å². The van der Waals surface area contributed by atoms with Crippen molar-refractivity contribution in [2.45, 2.75) is 33.1 Å². The Morgan fingerprint density at radius 1 is 1.43 bits per heavy atom. The summed E-state index contributed by atoms with van der Waals surface area (Å²) in [6, 6.07) is 3.99. The summed E-state index contributed by atoms with van der Waals surface area (Å²) in [4.78, 5) is 23.0. The molecular weight excluding hydrogens is 362 g/mol. The van der Waals surface area contributed by atoms with Crippen LogP contribution in [0.3, 0.4) is 0 Å². The number of rotatable bonds is 6. The molecule has 1 atom stereocenters. The Morgan fingerprint density at radius 3 is 2.70 bits per heavy atom. The SMILES string of the molecule is CCc1cc(Br)cc(C)c1C1=C(OC)CC(CC[N+](=O)[O-])C1=O. The first kappa shape index (κ1) is 17.7. The number of Topliss-reactive ketones (excluding diaryl/α,β-unsaturated/α-hetero) is 1. The third-order valence-corrected chi connectivity index (χ3v) is 4.71. The highest BCUT2D eigenvalue weighted by molar-refractivity contribution is 9.10. The zero-order valence-corrected chi connectivity index (χ0v) is 15.1. The molecule has 2 rings (SSSR count). The minimum atomic E-state index is -0.375. The summed E-state index contributed by atoms with van der Waals surface area (Å²) in [7, 11) is 1.55. The molecule has 124 valence electrons. The number of allylic oxidation sites excluding steroid dienone is 2. The van der Waals surface area contributed by atoms with Gasteiger partial charge >= 0.3 is 0 Å². The van der Waals surface area contributed by atoms with Crippen molar-refractivity contribution < 1.29 is 14.5 Å². The normalized spacial score (nSPS) is 17.7. The molecule has 0 heterocycles. The van der Waals surface area contributed by atoms with Gasteiger partial charge in [-0.15, -0.1) is 0 Å². The smallest absolute Gasteiger partial charge is 0.204 e. The summed E-state index contributed by atoms with van der Waals surface area (Å²) >= 11 is 3.49. The third-order valence-electron chi connectivity index (χ3n) is 4.25. The van der Waals surface area contributed by atoms with Crippen molar-refractivity contribution in [1.82, 2.24) is 0 Å². The number of hydrogen-bond donors (Lipinski definition) is 0. The van der Waals surface area contributed by atoms with E-state index < -0.39 is 0 Å². The van der Waals surface area contributed by atoms with Gasteiger partial charge in [0.05, 0.1) is 12.7 Å². The van der Waals surface area contributed by atoms with Crippen molar-refractivity contribution in [2.75, 3.05) is 13.7 Å². The molecule has 1 unspecified atom stereocenters. The molecule has 1 aliphatic carbocycles. The predicted octanol–water partition coefficient (Wildman–Crippen LogP) is 3.93. The molecule has 0 fully saturated rings. The molecular formula is C17H20BrNO4. The highest BCUT2D eigenvalue weighted by Gasteiger charge is 2.36. The molecule has 1 aliphatic rings. The van der Waals surface area contributed by atoms with Crippen LogP contribution in [0.4, 0.5) is 0 Å². The van der Waals surface area contributed by atoms with Gasteiger partial charge in [-0.1, -0.05) is 22.9 Å². The van der Waals surface area contributed by atoms with Gasteiger partial charge in [-0.25, -0.2) is 0 Å². The first-order valence-corrected chi connectivity index (χ1v) is 8.40. The first-order valence-electron chi connectivity index (χ1n) is 7.61. The molecule has 0 spiro atoms. The minimum Gasteiger partial charge on any atom is -0.500 e. The van der Waals surface area contributed by atoms with E-state index in [9.17, 15) is 14.9 Å². The molecule has 0 aromatic heterocycles. The van der Waals surface area contributed by atoms with Gasteiger partial charge in [-0.3, -0.25) is 14.9 Å². The van der Waals surface area contributed by atoms with Gasteiger partial charge < -0.3 is 4.74 Å². The average Bonchev–Trinajstić information content (AvgIpc) is 2.80. The van der Waals surface area contributed by atoms with Crippen molar-refractivity contribution in [2.24, 2.45) is 5.92 Å². The van der Waals surface area contributed by atoms with Crippen LogP contribution in [0.2, 0.25) is 0 Å². The molecule has 1 aromatic carbocycles. The second-order valence-electron chi connectivity index (χ2n) is 5.72. The van der Waals surface area contributed by atoms with Crippen LogP contribution in [0.25, 0.3) is 5.57 Å². The van der Waals surface area contributed by atoms with E-state index >= 15 is 0 Å². The quantitative estimate of drug-likeness (QED) is 0.552. The monoisotopic (exact) mass is 381 g/mol. The van der Waals surface area contributed by atoms with Crippen LogP contribution >= 0.6 is 15.9 Å². The van der Waals surface area contributed by atoms with E-state index in [-0.39, 0.29) is 29.6 Å². The molecule has 0 amide bonds. The van der Waals surface area contributed by atoms with Crippen molar-refractivity contribution in [1.29, 1.82) is 0 Å². The van der Waals surface area contributed by atoms with Crippen molar-refractivity contribution in [3.8, 4) is 0 Å². The number of methoxy groups -OCH3 is 1. The Balaban J connectivity index is 2.45. The van der Waals surface area contributed by atoms with Crippen LogP contribution in [0.1, 0.15) is 36.5 Å². The minimum absolute atomic E-state index is 0.0381. The van der Waals surface area contributed by atoms with Gasteiger partial charge in [-0.2, -0.15) is 0 Å². The molecule has 1 aromatic rings. The summed E-state index contributed by atoms with van der Waals surface area (Å²) in [6.45, 7) is 3.82. The highest BCUT2D eigenvalue weighted by Crippen LogP contribution is 2.40. The van der Waals surface area contributed by atoms with Crippen LogP contribution < -0.4 is 0 Å². The third kappa shape index (κ3) is 3.63. The number of halogens is 1. The van der Waals surface area contributed by atoms with E-state index in [2.05, 4.69) is 15.9 Å². The topological polar surface area (TPSA) is 69.4 Å².